The lowest BCUT2D eigenvalue weighted by Crippen LogP contribution is -2.26. The van der Waals surface area contributed by atoms with Crippen molar-refractivity contribution in [2.24, 2.45) is 5.16 Å². The highest BCUT2D eigenvalue weighted by Crippen LogP contribution is 2.38. The molecule has 0 amide bonds. The molecule has 1 aliphatic heterocycles. The van der Waals surface area contributed by atoms with Gasteiger partial charge in [-0.25, -0.2) is 8.42 Å². The van der Waals surface area contributed by atoms with Gasteiger partial charge in [0, 0.05) is 6.42 Å². The summed E-state index contributed by atoms with van der Waals surface area (Å²) in [6.07, 6.45) is -0.114. The number of hydrogen-bond acceptors (Lipinski definition) is 6. The molecule has 2 aromatic rings. The zero-order chi connectivity index (χ0) is 22.3. The number of hydrogen-bond donors (Lipinski definition) is 0. The second-order valence-electron chi connectivity index (χ2n) is 6.84. The number of rotatable bonds is 5. The SMILES string of the molecule is CC1(C)CC(S(=O)(=O)COc2c(F)c(F)c(Oc3ccccc3Cl)c(F)c2F)=NO1. The zero-order valence-electron chi connectivity index (χ0n) is 15.5. The van der Waals surface area contributed by atoms with E-state index in [9.17, 15) is 26.0 Å². The van der Waals surface area contributed by atoms with Crippen molar-refractivity contribution in [2.45, 2.75) is 25.9 Å². The minimum Gasteiger partial charge on any atom is -0.471 e. The maximum absolute atomic E-state index is 14.3. The van der Waals surface area contributed by atoms with Crippen molar-refractivity contribution in [1.82, 2.24) is 0 Å². The van der Waals surface area contributed by atoms with E-state index < -0.39 is 61.2 Å². The van der Waals surface area contributed by atoms with E-state index >= 15 is 0 Å². The van der Waals surface area contributed by atoms with Gasteiger partial charge in [-0.3, -0.25) is 0 Å². The summed E-state index contributed by atoms with van der Waals surface area (Å²) in [5, 5.41) is 2.92. The van der Waals surface area contributed by atoms with Crippen LogP contribution < -0.4 is 9.47 Å². The molecule has 0 atom stereocenters. The van der Waals surface area contributed by atoms with Gasteiger partial charge in [0.15, 0.2) is 16.7 Å². The van der Waals surface area contributed by atoms with Crippen molar-refractivity contribution < 1.29 is 40.3 Å². The molecule has 12 heteroatoms. The summed E-state index contributed by atoms with van der Waals surface area (Å²) in [6.45, 7) is 3.14. The van der Waals surface area contributed by atoms with Crippen LogP contribution in [-0.4, -0.2) is 25.0 Å². The van der Waals surface area contributed by atoms with Crippen molar-refractivity contribution in [3.8, 4) is 17.2 Å². The highest BCUT2D eigenvalue weighted by atomic mass is 35.5. The third kappa shape index (κ3) is 4.31. The minimum atomic E-state index is -4.28. The average Bonchev–Trinajstić information content (AvgIpc) is 3.05. The van der Waals surface area contributed by atoms with Gasteiger partial charge >= 0.3 is 0 Å². The summed E-state index contributed by atoms with van der Waals surface area (Å²) >= 11 is 5.80. The number of halogens is 5. The average molecular weight is 468 g/mol. The van der Waals surface area contributed by atoms with Crippen molar-refractivity contribution in [3.05, 3.63) is 52.6 Å². The van der Waals surface area contributed by atoms with Crippen molar-refractivity contribution in [2.75, 3.05) is 5.94 Å². The van der Waals surface area contributed by atoms with Crippen LogP contribution in [0.4, 0.5) is 17.6 Å². The predicted molar refractivity (Wildman–Crippen MR) is 99.4 cm³/mol. The van der Waals surface area contributed by atoms with Gasteiger partial charge in [0.1, 0.15) is 11.4 Å². The molecule has 162 valence electrons. The second kappa shape index (κ2) is 7.95. The molecule has 2 aromatic carbocycles. The predicted octanol–water partition coefficient (Wildman–Crippen LogP) is 4.95. The number of ether oxygens (including phenoxy) is 2. The molecule has 1 heterocycles. The van der Waals surface area contributed by atoms with E-state index in [4.69, 9.17) is 21.2 Å². The Morgan fingerprint density at radius 3 is 2.17 bits per heavy atom. The largest absolute Gasteiger partial charge is 0.471 e. The topological polar surface area (TPSA) is 74.2 Å². The molecule has 0 saturated heterocycles. The van der Waals surface area contributed by atoms with E-state index in [1.54, 1.807) is 13.8 Å². The third-order valence-electron chi connectivity index (χ3n) is 3.92. The van der Waals surface area contributed by atoms with Gasteiger partial charge in [0.05, 0.1) is 5.02 Å². The molecule has 0 spiro atoms. The Balaban J connectivity index is 1.88. The lowest BCUT2D eigenvalue weighted by atomic mass is 10.1. The molecule has 6 nitrogen and oxygen atoms in total. The Hall–Kier alpha value is -2.53. The number of benzene rings is 2. The van der Waals surface area contributed by atoms with Gasteiger partial charge < -0.3 is 14.3 Å². The highest BCUT2D eigenvalue weighted by Gasteiger charge is 2.37. The molecule has 3 rings (SSSR count). The highest BCUT2D eigenvalue weighted by molar-refractivity contribution is 8.06. The maximum Gasteiger partial charge on any atom is 0.230 e. The fraction of sp³-hybridized carbons (Fsp3) is 0.278. The van der Waals surface area contributed by atoms with Crippen LogP contribution >= 0.6 is 11.6 Å². The third-order valence-corrected chi connectivity index (χ3v) is 5.60. The van der Waals surface area contributed by atoms with E-state index in [1.165, 1.54) is 24.3 Å². The first-order chi connectivity index (χ1) is 13.9. The molecule has 0 aromatic heterocycles. The van der Waals surface area contributed by atoms with Gasteiger partial charge in [-0.2, -0.15) is 17.6 Å². The maximum atomic E-state index is 14.3. The van der Waals surface area contributed by atoms with Gasteiger partial charge in [0.2, 0.25) is 38.9 Å². The van der Waals surface area contributed by atoms with Crippen molar-refractivity contribution >= 4 is 26.5 Å². The Kier molecular flexibility index (Phi) is 5.87. The molecule has 30 heavy (non-hydrogen) atoms. The second-order valence-corrected chi connectivity index (χ2v) is 9.18. The summed E-state index contributed by atoms with van der Waals surface area (Å²) in [5.74, 6) is -12.3. The van der Waals surface area contributed by atoms with E-state index in [0.717, 1.165) is 0 Å². The van der Waals surface area contributed by atoms with E-state index in [-0.39, 0.29) is 17.2 Å². The van der Waals surface area contributed by atoms with Crippen LogP contribution in [0, 0.1) is 23.3 Å². The Morgan fingerprint density at radius 1 is 1.07 bits per heavy atom. The molecule has 0 saturated carbocycles. The number of oxime groups is 1. The first-order valence-corrected chi connectivity index (χ1v) is 10.3. The van der Waals surface area contributed by atoms with Gasteiger partial charge in [0.25, 0.3) is 0 Å². The summed E-state index contributed by atoms with van der Waals surface area (Å²) in [5.41, 5.74) is -0.894. The quantitative estimate of drug-likeness (QED) is 0.459. The van der Waals surface area contributed by atoms with Crippen LogP contribution in [-0.2, 0) is 14.7 Å². The molecule has 0 aliphatic carbocycles. The standard InChI is InChI=1S/C18H14ClF4NO5S/c1-18(2)7-11(24-29-18)30(25,26)8-27-16-12(20)14(22)17(15(23)13(16)21)28-10-6-4-3-5-9(10)19/h3-6H,7-8H2,1-2H3. The van der Waals surface area contributed by atoms with E-state index in [2.05, 4.69) is 9.89 Å². The summed E-state index contributed by atoms with van der Waals surface area (Å²) in [4.78, 5) is 4.92. The minimum absolute atomic E-state index is 0.0639. The Bertz CT molecular complexity index is 1110. The molecule has 0 fully saturated rings. The van der Waals surface area contributed by atoms with Crippen molar-refractivity contribution in [3.63, 3.8) is 0 Å². The fourth-order valence-electron chi connectivity index (χ4n) is 2.42. The fourth-order valence-corrected chi connectivity index (χ4v) is 3.72. The Labute approximate surface area is 173 Å². The first kappa shape index (κ1) is 22.2. The van der Waals surface area contributed by atoms with Gasteiger partial charge in [-0.05, 0) is 26.0 Å². The monoisotopic (exact) mass is 467 g/mol. The lowest BCUT2D eigenvalue weighted by Gasteiger charge is -2.15. The van der Waals surface area contributed by atoms with E-state index in [1.807, 2.05) is 0 Å². The van der Waals surface area contributed by atoms with Crippen molar-refractivity contribution in [1.29, 1.82) is 0 Å². The van der Waals surface area contributed by atoms with E-state index in [0.29, 0.717) is 0 Å². The van der Waals surface area contributed by atoms with Crippen LogP contribution in [0.15, 0.2) is 29.4 Å². The molecular weight excluding hydrogens is 454 g/mol. The summed E-state index contributed by atoms with van der Waals surface area (Å²) < 4.78 is 91.1. The van der Waals surface area contributed by atoms with Crippen LogP contribution in [0.3, 0.4) is 0 Å². The van der Waals surface area contributed by atoms with Crippen LogP contribution in [0.25, 0.3) is 0 Å². The molecule has 0 radical (unpaired) electrons. The smallest absolute Gasteiger partial charge is 0.230 e. The van der Waals surface area contributed by atoms with Crippen LogP contribution in [0.1, 0.15) is 20.3 Å². The summed E-state index contributed by atoms with van der Waals surface area (Å²) in [7, 11) is -4.28. The molecule has 1 aliphatic rings. The number of sulfone groups is 1. The van der Waals surface area contributed by atoms with Crippen LogP contribution in [0.2, 0.25) is 5.02 Å². The number of para-hydroxylation sites is 1. The zero-order valence-corrected chi connectivity index (χ0v) is 17.1. The van der Waals surface area contributed by atoms with Gasteiger partial charge in [-0.1, -0.05) is 28.9 Å². The molecule has 0 unspecified atom stereocenters. The summed E-state index contributed by atoms with van der Waals surface area (Å²) in [6, 6.07) is 5.47. The lowest BCUT2D eigenvalue weighted by molar-refractivity contribution is 0.0123. The first-order valence-electron chi connectivity index (χ1n) is 8.32. The molecule has 0 bridgehead atoms. The molecule has 0 N–H and O–H groups in total. The van der Waals surface area contributed by atoms with Crippen LogP contribution in [0.5, 0.6) is 17.2 Å². The number of nitrogens with zero attached hydrogens (tertiary/aromatic N) is 1. The Morgan fingerprint density at radius 2 is 1.63 bits per heavy atom. The normalized spacial score (nSPS) is 15.5. The van der Waals surface area contributed by atoms with Gasteiger partial charge in [-0.15, -0.1) is 0 Å². The molecular formula is C18H14ClF4NO5S.